The Bertz CT molecular complexity index is 446. The molecule has 0 radical (unpaired) electrons. The Morgan fingerprint density at radius 2 is 2.00 bits per heavy atom. The maximum atomic E-state index is 12.1. The van der Waals surface area contributed by atoms with Gasteiger partial charge in [0.2, 0.25) is 11.6 Å². The van der Waals surface area contributed by atoms with E-state index in [-0.39, 0.29) is 5.75 Å². The molecule has 0 saturated heterocycles. The average molecular weight is 242 g/mol. The first-order chi connectivity index (χ1) is 7.77. The van der Waals surface area contributed by atoms with Crippen molar-refractivity contribution in [1.29, 1.82) is 0 Å². The Labute approximate surface area is 94.7 Å². The second-order valence-electron chi connectivity index (χ2n) is 2.91. The van der Waals surface area contributed by atoms with Crippen LogP contribution in [-0.4, -0.2) is 32.4 Å². The molecule has 2 aromatic rings. The van der Waals surface area contributed by atoms with Crippen LogP contribution in [0.2, 0.25) is 0 Å². The lowest BCUT2D eigenvalue weighted by Gasteiger charge is -2.02. The summed E-state index contributed by atoms with van der Waals surface area (Å²) in [6.45, 7) is 0. The highest BCUT2D eigenvalue weighted by molar-refractivity contribution is 7.99. The van der Waals surface area contributed by atoms with Gasteiger partial charge in [0.15, 0.2) is 0 Å². The number of hydrogen-bond acceptors (Lipinski definition) is 4. The molecule has 4 nitrogen and oxygen atoms in total. The Morgan fingerprint density at radius 1 is 1.25 bits per heavy atom. The molecule has 0 aliphatic rings. The van der Waals surface area contributed by atoms with Gasteiger partial charge in [-0.15, -0.1) is 5.10 Å². The number of tetrazole rings is 1. The fourth-order valence-electron chi connectivity index (χ4n) is 1.14. The largest absolute Gasteiger partial charge is 0.248 e. The van der Waals surface area contributed by atoms with E-state index in [4.69, 9.17) is 0 Å². The van der Waals surface area contributed by atoms with Gasteiger partial charge in [-0.05, 0) is 22.6 Å². The molecule has 84 valence electrons. The number of aromatic nitrogens is 4. The van der Waals surface area contributed by atoms with Gasteiger partial charge in [0.05, 0.1) is 11.4 Å². The zero-order valence-electron chi connectivity index (χ0n) is 8.12. The first-order valence-corrected chi connectivity index (χ1v) is 5.50. The van der Waals surface area contributed by atoms with Crippen LogP contribution in [0.15, 0.2) is 35.5 Å². The molecule has 0 bridgehead atoms. The summed E-state index contributed by atoms with van der Waals surface area (Å²) in [4.78, 5) is 0. The summed E-state index contributed by atoms with van der Waals surface area (Å²) < 4.78 is 25.6. The molecule has 1 aromatic carbocycles. The Kier molecular flexibility index (Phi) is 3.45. The van der Waals surface area contributed by atoms with Crippen molar-refractivity contribution in [3.05, 3.63) is 30.3 Å². The van der Waals surface area contributed by atoms with Crippen LogP contribution in [0.5, 0.6) is 0 Å². The quantitative estimate of drug-likeness (QED) is 0.769. The van der Waals surface area contributed by atoms with Crippen LogP contribution in [0.25, 0.3) is 5.69 Å². The highest BCUT2D eigenvalue weighted by Gasteiger charge is 2.11. The molecule has 0 N–H and O–H groups in total. The van der Waals surface area contributed by atoms with Crippen LogP contribution >= 0.6 is 11.8 Å². The number of halogens is 2. The first-order valence-electron chi connectivity index (χ1n) is 4.52. The van der Waals surface area contributed by atoms with Crippen LogP contribution in [0.3, 0.4) is 0 Å². The van der Waals surface area contributed by atoms with E-state index < -0.39 is 6.43 Å². The predicted molar refractivity (Wildman–Crippen MR) is 55.9 cm³/mol. The normalized spacial score (nSPS) is 10.9. The molecule has 0 fully saturated rings. The molecule has 0 aliphatic carbocycles. The maximum Gasteiger partial charge on any atom is 0.248 e. The highest BCUT2D eigenvalue weighted by atomic mass is 32.2. The van der Waals surface area contributed by atoms with Gasteiger partial charge >= 0.3 is 0 Å². The summed E-state index contributed by atoms with van der Waals surface area (Å²) in [7, 11) is 0. The summed E-state index contributed by atoms with van der Waals surface area (Å²) in [6.07, 6.45) is -2.37. The molecular weight excluding hydrogens is 234 g/mol. The van der Waals surface area contributed by atoms with Crippen molar-refractivity contribution < 1.29 is 8.78 Å². The summed E-state index contributed by atoms with van der Waals surface area (Å²) in [5, 5.41) is 11.3. The minimum Gasteiger partial charge on any atom is -0.210 e. The summed E-state index contributed by atoms with van der Waals surface area (Å²) in [5.41, 5.74) is 0.754. The number of nitrogens with zero attached hydrogens (tertiary/aromatic N) is 4. The fraction of sp³-hybridized carbons (Fsp3) is 0.222. The fourth-order valence-corrected chi connectivity index (χ4v) is 1.77. The van der Waals surface area contributed by atoms with E-state index in [1.165, 1.54) is 4.68 Å². The summed E-state index contributed by atoms with van der Waals surface area (Å²) >= 11 is 0.933. The number of para-hydroxylation sites is 1. The molecule has 0 atom stereocenters. The van der Waals surface area contributed by atoms with Crippen molar-refractivity contribution in [3.8, 4) is 5.69 Å². The zero-order chi connectivity index (χ0) is 11.4. The third-order valence-corrected chi connectivity index (χ3v) is 2.71. The Balaban J connectivity index is 2.19. The molecule has 1 heterocycles. The molecule has 1 aromatic heterocycles. The average Bonchev–Trinajstić information content (AvgIpc) is 2.75. The molecular formula is C9H8F2N4S. The lowest BCUT2D eigenvalue weighted by atomic mass is 10.3. The Hall–Kier alpha value is -1.50. The van der Waals surface area contributed by atoms with Gasteiger partial charge in [-0.2, -0.15) is 4.68 Å². The molecule has 0 unspecified atom stereocenters. The smallest absolute Gasteiger partial charge is 0.210 e. The van der Waals surface area contributed by atoms with Crippen molar-refractivity contribution in [3.63, 3.8) is 0 Å². The maximum absolute atomic E-state index is 12.1. The van der Waals surface area contributed by atoms with E-state index in [0.717, 1.165) is 17.4 Å². The van der Waals surface area contributed by atoms with E-state index >= 15 is 0 Å². The highest BCUT2D eigenvalue weighted by Crippen LogP contribution is 2.19. The first kappa shape index (κ1) is 11.0. The molecule has 0 aliphatic heterocycles. The number of hydrogen-bond donors (Lipinski definition) is 0. The van der Waals surface area contributed by atoms with E-state index in [1.807, 2.05) is 30.3 Å². The molecule has 0 spiro atoms. The van der Waals surface area contributed by atoms with Crippen molar-refractivity contribution in [2.75, 3.05) is 5.75 Å². The van der Waals surface area contributed by atoms with Gasteiger partial charge in [0.1, 0.15) is 0 Å². The monoisotopic (exact) mass is 242 g/mol. The summed E-state index contributed by atoms with van der Waals surface area (Å²) in [6, 6.07) is 9.14. The number of rotatable bonds is 4. The second-order valence-corrected chi connectivity index (χ2v) is 3.90. The number of benzene rings is 1. The van der Waals surface area contributed by atoms with Crippen molar-refractivity contribution in [2.45, 2.75) is 11.6 Å². The third-order valence-electron chi connectivity index (χ3n) is 1.78. The molecule has 7 heteroatoms. The van der Waals surface area contributed by atoms with Gasteiger partial charge in [-0.25, -0.2) is 8.78 Å². The Morgan fingerprint density at radius 3 is 2.69 bits per heavy atom. The minimum atomic E-state index is -2.37. The van der Waals surface area contributed by atoms with Crippen LogP contribution in [-0.2, 0) is 0 Å². The van der Waals surface area contributed by atoms with E-state index in [2.05, 4.69) is 15.5 Å². The van der Waals surface area contributed by atoms with Crippen LogP contribution in [0.1, 0.15) is 0 Å². The standard InChI is InChI=1S/C9H8F2N4S/c10-8(11)6-16-9-12-13-14-15(9)7-4-2-1-3-5-7/h1-5,8H,6H2. The van der Waals surface area contributed by atoms with E-state index in [0.29, 0.717) is 5.16 Å². The van der Waals surface area contributed by atoms with E-state index in [9.17, 15) is 8.78 Å². The van der Waals surface area contributed by atoms with Gasteiger partial charge in [0.25, 0.3) is 0 Å². The minimum absolute atomic E-state index is 0.312. The molecule has 2 rings (SSSR count). The summed E-state index contributed by atoms with van der Waals surface area (Å²) in [5.74, 6) is -0.312. The number of alkyl halides is 2. The van der Waals surface area contributed by atoms with Crippen molar-refractivity contribution in [1.82, 2.24) is 20.2 Å². The van der Waals surface area contributed by atoms with Gasteiger partial charge in [-0.1, -0.05) is 30.0 Å². The van der Waals surface area contributed by atoms with Crippen LogP contribution in [0, 0.1) is 0 Å². The second kappa shape index (κ2) is 5.02. The SMILES string of the molecule is FC(F)CSc1nnnn1-c1ccccc1. The lowest BCUT2D eigenvalue weighted by molar-refractivity contribution is 0.176. The van der Waals surface area contributed by atoms with Crippen LogP contribution in [0.4, 0.5) is 8.78 Å². The number of thioether (sulfide) groups is 1. The van der Waals surface area contributed by atoms with Crippen molar-refractivity contribution >= 4 is 11.8 Å². The predicted octanol–water partition coefficient (Wildman–Crippen LogP) is 2.02. The lowest BCUT2D eigenvalue weighted by Crippen LogP contribution is -2.01. The third kappa shape index (κ3) is 2.54. The molecule has 16 heavy (non-hydrogen) atoms. The molecule has 0 saturated carbocycles. The van der Waals surface area contributed by atoms with Gasteiger partial charge in [-0.3, -0.25) is 0 Å². The van der Waals surface area contributed by atoms with Gasteiger partial charge in [0, 0.05) is 0 Å². The topological polar surface area (TPSA) is 43.6 Å². The van der Waals surface area contributed by atoms with Crippen LogP contribution < -0.4 is 0 Å². The van der Waals surface area contributed by atoms with Crippen molar-refractivity contribution in [2.24, 2.45) is 0 Å². The van der Waals surface area contributed by atoms with E-state index in [1.54, 1.807) is 0 Å². The van der Waals surface area contributed by atoms with Gasteiger partial charge < -0.3 is 0 Å². The molecule has 0 amide bonds. The zero-order valence-corrected chi connectivity index (χ0v) is 8.94.